The fraction of sp³-hybridized carbons (Fsp3) is 0.583. The molecule has 104 valence electrons. The Balaban J connectivity index is 2.08. The first-order valence-electron chi connectivity index (χ1n) is 6.20. The zero-order chi connectivity index (χ0) is 13.7. The molecule has 1 atom stereocenters. The number of carbonyl (C=O) groups excluding carboxylic acids is 1. The van der Waals surface area contributed by atoms with Gasteiger partial charge in [-0.25, -0.2) is 9.97 Å². The Hall–Kier alpha value is -1.89. The molecule has 1 unspecified atom stereocenters. The highest BCUT2D eigenvalue weighted by molar-refractivity contribution is 5.98. The molecule has 0 spiro atoms. The van der Waals surface area contributed by atoms with Crippen LogP contribution in [-0.4, -0.2) is 49.2 Å². The topological polar surface area (TPSA) is 85.4 Å². The van der Waals surface area contributed by atoms with E-state index in [0.717, 1.165) is 19.4 Å². The van der Waals surface area contributed by atoms with Crippen LogP contribution >= 0.6 is 0 Å². The summed E-state index contributed by atoms with van der Waals surface area (Å²) in [5.74, 6) is 0.135. The third-order valence-electron chi connectivity index (χ3n) is 3.06. The molecule has 7 nitrogen and oxygen atoms in total. The summed E-state index contributed by atoms with van der Waals surface area (Å²) < 4.78 is 10.1. The fourth-order valence-corrected chi connectivity index (χ4v) is 2.09. The summed E-state index contributed by atoms with van der Waals surface area (Å²) in [6.45, 7) is 1.57. The highest BCUT2D eigenvalue weighted by Crippen LogP contribution is 2.22. The number of ether oxygens (including phenoxy) is 2. The maximum atomic E-state index is 12.2. The van der Waals surface area contributed by atoms with Gasteiger partial charge in [-0.15, -0.1) is 0 Å². The lowest BCUT2D eigenvalue weighted by Crippen LogP contribution is -2.37. The van der Waals surface area contributed by atoms with Crippen molar-refractivity contribution < 1.29 is 14.3 Å². The summed E-state index contributed by atoms with van der Waals surface area (Å²) in [7, 11) is 2.91. The van der Waals surface area contributed by atoms with E-state index in [-0.39, 0.29) is 23.2 Å². The first kappa shape index (κ1) is 13.5. The minimum absolute atomic E-state index is 0.212. The summed E-state index contributed by atoms with van der Waals surface area (Å²) >= 11 is 0. The second-order valence-corrected chi connectivity index (χ2v) is 4.27. The van der Waals surface area contributed by atoms with E-state index >= 15 is 0 Å². The van der Waals surface area contributed by atoms with E-state index in [1.165, 1.54) is 20.5 Å². The average molecular weight is 266 g/mol. The summed E-state index contributed by atoms with van der Waals surface area (Å²) in [5, 5.41) is 6.16. The van der Waals surface area contributed by atoms with E-state index in [1.807, 2.05) is 0 Å². The van der Waals surface area contributed by atoms with Gasteiger partial charge in [0.25, 0.3) is 5.91 Å². The molecule has 0 saturated carbocycles. The van der Waals surface area contributed by atoms with E-state index in [9.17, 15) is 4.79 Å². The molecule has 7 heteroatoms. The van der Waals surface area contributed by atoms with Gasteiger partial charge in [0.05, 0.1) is 14.2 Å². The molecule has 19 heavy (non-hydrogen) atoms. The van der Waals surface area contributed by atoms with Crippen molar-refractivity contribution in [2.75, 3.05) is 27.3 Å². The number of nitrogens with one attached hydrogen (secondary N) is 2. The second kappa shape index (κ2) is 6.33. The van der Waals surface area contributed by atoms with Crippen molar-refractivity contribution in [3.05, 3.63) is 11.9 Å². The number of carbonyl (C=O) groups is 1. The van der Waals surface area contributed by atoms with E-state index in [2.05, 4.69) is 20.6 Å². The van der Waals surface area contributed by atoms with Gasteiger partial charge in [0.15, 0.2) is 5.56 Å². The number of amides is 1. The van der Waals surface area contributed by atoms with Gasteiger partial charge in [0, 0.05) is 12.6 Å². The van der Waals surface area contributed by atoms with Crippen LogP contribution in [0.3, 0.4) is 0 Å². The Bertz CT molecular complexity index is 424. The molecule has 2 rings (SSSR count). The number of methoxy groups -OCH3 is 2. The average Bonchev–Trinajstić information content (AvgIpc) is 2.97. The van der Waals surface area contributed by atoms with E-state index in [1.54, 1.807) is 0 Å². The van der Waals surface area contributed by atoms with Gasteiger partial charge in [-0.05, 0) is 19.4 Å². The standard InChI is InChI=1S/C12H18N4O3/c1-18-11-9(12(19-2)16-7-15-11)10(17)14-6-8-4-3-5-13-8/h7-8,13H,3-6H2,1-2H3,(H,14,17). The van der Waals surface area contributed by atoms with Crippen molar-refractivity contribution in [3.63, 3.8) is 0 Å². The van der Waals surface area contributed by atoms with Crippen LogP contribution in [0.4, 0.5) is 0 Å². The molecule has 0 radical (unpaired) electrons. The zero-order valence-electron chi connectivity index (χ0n) is 11.1. The van der Waals surface area contributed by atoms with Gasteiger partial charge in [0.1, 0.15) is 6.33 Å². The van der Waals surface area contributed by atoms with Gasteiger partial charge in [-0.3, -0.25) is 4.79 Å². The summed E-state index contributed by atoms with van der Waals surface area (Å²) in [5.41, 5.74) is 0.227. The van der Waals surface area contributed by atoms with E-state index in [4.69, 9.17) is 9.47 Å². The quantitative estimate of drug-likeness (QED) is 0.779. The largest absolute Gasteiger partial charge is 0.480 e. The first-order valence-corrected chi connectivity index (χ1v) is 6.20. The third-order valence-corrected chi connectivity index (χ3v) is 3.06. The molecule has 2 heterocycles. The maximum absolute atomic E-state index is 12.2. The number of aromatic nitrogens is 2. The molecule has 2 N–H and O–H groups in total. The Labute approximate surface area is 111 Å². The van der Waals surface area contributed by atoms with Gasteiger partial charge in [0.2, 0.25) is 11.8 Å². The number of rotatable bonds is 5. The van der Waals surface area contributed by atoms with Gasteiger partial charge in [-0.1, -0.05) is 0 Å². The van der Waals surface area contributed by atoms with Crippen LogP contribution in [0.2, 0.25) is 0 Å². The molecule has 1 amide bonds. The molecule has 1 aromatic rings. The molecule has 1 fully saturated rings. The SMILES string of the molecule is COc1ncnc(OC)c1C(=O)NCC1CCCN1. The van der Waals surface area contributed by atoms with Gasteiger partial charge >= 0.3 is 0 Å². The summed E-state index contributed by atoms with van der Waals surface area (Å²) in [4.78, 5) is 20.0. The molecule has 0 aliphatic carbocycles. The fourth-order valence-electron chi connectivity index (χ4n) is 2.09. The monoisotopic (exact) mass is 266 g/mol. The number of nitrogens with zero attached hydrogens (tertiary/aromatic N) is 2. The zero-order valence-corrected chi connectivity index (χ0v) is 11.1. The van der Waals surface area contributed by atoms with Crippen molar-refractivity contribution in [3.8, 4) is 11.8 Å². The number of hydrogen-bond donors (Lipinski definition) is 2. The smallest absolute Gasteiger partial charge is 0.262 e. The maximum Gasteiger partial charge on any atom is 0.262 e. The third kappa shape index (κ3) is 3.11. The number of hydrogen-bond acceptors (Lipinski definition) is 6. The Morgan fingerprint density at radius 2 is 2.11 bits per heavy atom. The molecule has 0 aromatic carbocycles. The first-order chi connectivity index (χ1) is 9.26. The van der Waals surface area contributed by atoms with Crippen LogP contribution < -0.4 is 20.1 Å². The Kier molecular flexibility index (Phi) is 4.51. The van der Waals surface area contributed by atoms with Gasteiger partial charge < -0.3 is 20.1 Å². The Morgan fingerprint density at radius 1 is 1.42 bits per heavy atom. The van der Waals surface area contributed by atoms with Crippen LogP contribution in [0.25, 0.3) is 0 Å². The molecule has 1 aliphatic rings. The van der Waals surface area contributed by atoms with E-state index in [0.29, 0.717) is 12.6 Å². The molecule has 1 saturated heterocycles. The van der Waals surface area contributed by atoms with Crippen LogP contribution in [0.5, 0.6) is 11.8 Å². The lowest BCUT2D eigenvalue weighted by molar-refractivity contribution is 0.0942. The molecule has 1 aliphatic heterocycles. The predicted molar refractivity (Wildman–Crippen MR) is 68.5 cm³/mol. The molecular weight excluding hydrogens is 248 g/mol. The van der Waals surface area contributed by atoms with Crippen molar-refractivity contribution in [1.29, 1.82) is 0 Å². The highest BCUT2D eigenvalue weighted by atomic mass is 16.5. The predicted octanol–water partition coefficient (Wildman–Crippen LogP) is -0.0244. The van der Waals surface area contributed by atoms with Gasteiger partial charge in [-0.2, -0.15) is 0 Å². The Morgan fingerprint density at radius 3 is 2.63 bits per heavy atom. The van der Waals surface area contributed by atoms with Crippen molar-refractivity contribution in [2.24, 2.45) is 0 Å². The van der Waals surface area contributed by atoms with Crippen molar-refractivity contribution in [1.82, 2.24) is 20.6 Å². The van der Waals surface area contributed by atoms with Crippen LogP contribution in [0, 0.1) is 0 Å². The van der Waals surface area contributed by atoms with Crippen molar-refractivity contribution >= 4 is 5.91 Å². The minimum Gasteiger partial charge on any atom is -0.480 e. The second-order valence-electron chi connectivity index (χ2n) is 4.27. The van der Waals surface area contributed by atoms with Crippen molar-refractivity contribution in [2.45, 2.75) is 18.9 Å². The normalized spacial score (nSPS) is 18.1. The molecular formula is C12H18N4O3. The summed E-state index contributed by atoms with van der Waals surface area (Å²) in [6.07, 6.45) is 3.51. The lowest BCUT2D eigenvalue weighted by atomic mass is 10.2. The highest BCUT2D eigenvalue weighted by Gasteiger charge is 2.22. The lowest BCUT2D eigenvalue weighted by Gasteiger charge is -2.13. The van der Waals surface area contributed by atoms with E-state index < -0.39 is 0 Å². The molecule has 1 aromatic heterocycles. The minimum atomic E-state index is -0.289. The summed E-state index contributed by atoms with van der Waals surface area (Å²) in [6, 6.07) is 0.325. The van der Waals surface area contributed by atoms with Crippen LogP contribution in [0.15, 0.2) is 6.33 Å². The van der Waals surface area contributed by atoms with Crippen LogP contribution in [-0.2, 0) is 0 Å². The van der Waals surface area contributed by atoms with Crippen LogP contribution in [0.1, 0.15) is 23.2 Å². The molecule has 0 bridgehead atoms.